The topological polar surface area (TPSA) is 62.3 Å². The molecule has 4 rings (SSSR count). The van der Waals surface area contributed by atoms with Gasteiger partial charge >= 0.3 is 0 Å². The highest BCUT2D eigenvalue weighted by Crippen LogP contribution is 2.40. The average Bonchev–Trinajstić information content (AvgIpc) is 2.89. The van der Waals surface area contributed by atoms with E-state index in [2.05, 4.69) is 16.2 Å². The van der Waals surface area contributed by atoms with Gasteiger partial charge in [0, 0.05) is 34.1 Å². The van der Waals surface area contributed by atoms with Gasteiger partial charge in [-0.1, -0.05) is 30.2 Å². The molecule has 1 aromatic heterocycles. The summed E-state index contributed by atoms with van der Waals surface area (Å²) in [5, 5.41) is 2.66. The van der Waals surface area contributed by atoms with E-state index < -0.39 is 18.3 Å². The molecule has 0 saturated heterocycles. The number of nitrogens with one attached hydrogen (secondary N) is 1. The molecule has 1 aliphatic heterocycles. The number of alkyl halides is 2. The Balaban J connectivity index is 1.68. The zero-order chi connectivity index (χ0) is 22.8. The second-order valence-electron chi connectivity index (χ2n) is 7.43. The number of benzene rings is 2. The predicted molar refractivity (Wildman–Crippen MR) is 118 cm³/mol. The fourth-order valence-corrected chi connectivity index (χ4v) is 3.75. The third-order valence-corrected chi connectivity index (χ3v) is 5.38. The summed E-state index contributed by atoms with van der Waals surface area (Å²) in [7, 11) is 0. The SMILES string of the molecule is C#Cc1ccc2c(c1)N(CC(=O)Nc1ccc(C(F)F)cc1)C(=O)[C@H](C)c1ncccc1-2. The molecule has 7 heteroatoms. The van der Waals surface area contributed by atoms with Crippen LogP contribution in [0.2, 0.25) is 0 Å². The molecule has 2 heterocycles. The highest BCUT2D eigenvalue weighted by atomic mass is 19.3. The average molecular weight is 431 g/mol. The number of fused-ring (bicyclic) bond motifs is 3. The van der Waals surface area contributed by atoms with E-state index in [0.29, 0.717) is 22.6 Å². The van der Waals surface area contributed by atoms with Crippen molar-refractivity contribution >= 4 is 23.2 Å². The van der Waals surface area contributed by atoms with Gasteiger partial charge in [0.2, 0.25) is 11.8 Å². The van der Waals surface area contributed by atoms with E-state index in [9.17, 15) is 18.4 Å². The number of hydrogen-bond acceptors (Lipinski definition) is 3. The first-order valence-electron chi connectivity index (χ1n) is 9.94. The molecule has 0 unspecified atom stereocenters. The Hall–Kier alpha value is -4.05. The van der Waals surface area contributed by atoms with E-state index in [1.165, 1.54) is 29.2 Å². The number of aromatic nitrogens is 1. The summed E-state index contributed by atoms with van der Waals surface area (Å²) in [4.78, 5) is 31.9. The predicted octanol–water partition coefficient (Wildman–Crippen LogP) is 4.76. The van der Waals surface area contributed by atoms with Crippen LogP contribution in [0.4, 0.5) is 20.2 Å². The maximum atomic E-state index is 13.3. The molecule has 1 N–H and O–H groups in total. The molecule has 1 atom stereocenters. The van der Waals surface area contributed by atoms with Crippen LogP contribution in [0, 0.1) is 12.3 Å². The van der Waals surface area contributed by atoms with Crippen molar-refractivity contribution in [2.75, 3.05) is 16.8 Å². The van der Waals surface area contributed by atoms with Crippen LogP contribution in [-0.2, 0) is 9.59 Å². The number of anilines is 2. The van der Waals surface area contributed by atoms with Gasteiger partial charge in [-0.25, -0.2) is 8.78 Å². The van der Waals surface area contributed by atoms with E-state index in [0.717, 1.165) is 11.1 Å². The zero-order valence-corrected chi connectivity index (χ0v) is 17.2. The molecular formula is C25H19F2N3O2. The second kappa shape index (κ2) is 8.60. The van der Waals surface area contributed by atoms with Gasteiger partial charge in [0.1, 0.15) is 6.54 Å². The van der Waals surface area contributed by atoms with E-state index in [-0.39, 0.29) is 18.0 Å². The van der Waals surface area contributed by atoms with E-state index in [4.69, 9.17) is 6.42 Å². The minimum atomic E-state index is -2.59. The molecular weight excluding hydrogens is 412 g/mol. The van der Waals surface area contributed by atoms with Crippen LogP contribution in [0.25, 0.3) is 11.1 Å². The molecule has 2 aromatic carbocycles. The number of carbonyl (C=O) groups is 2. The van der Waals surface area contributed by atoms with E-state index >= 15 is 0 Å². The van der Waals surface area contributed by atoms with Crippen molar-refractivity contribution in [3.63, 3.8) is 0 Å². The van der Waals surface area contributed by atoms with Gasteiger partial charge in [0.25, 0.3) is 6.43 Å². The van der Waals surface area contributed by atoms with E-state index in [1.54, 1.807) is 31.3 Å². The van der Waals surface area contributed by atoms with Crippen LogP contribution in [0.3, 0.4) is 0 Å². The van der Waals surface area contributed by atoms with Gasteiger partial charge in [0.15, 0.2) is 0 Å². The first-order chi connectivity index (χ1) is 15.4. The molecule has 5 nitrogen and oxygen atoms in total. The molecule has 0 aliphatic carbocycles. The Labute approximate surface area is 184 Å². The number of hydrogen-bond donors (Lipinski definition) is 1. The van der Waals surface area contributed by atoms with Crippen molar-refractivity contribution in [1.82, 2.24) is 4.98 Å². The molecule has 0 spiro atoms. The van der Waals surface area contributed by atoms with Gasteiger partial charge in [-0.2, -0.15) is 0 Å². The lowest BCUT2D eigenvalue weighted by Gasteiger charge is -2.24. The number of amides is 2. The quantitative estimate of drug-likeness (QED) is 0.606. The van der Waals surface area contributed by atoms with Crippen molar-refractivity contribution in [2.24, 2.45) is 0 Å². The molecule has 32 heavy (non-hydrogen) atoms. The van der Waals surface area contributed by atoms with Crippen LogP contribution in [0.15, 0.2) is 60.8 Å². The molecule has 0 saturated carbocycles. The minimum absolute atomic E-state index is 0.138. The highest BCUT2D eigenvalue weighted by molar-refractivity contribution is 6.09. The summed E-state index contributed by atoms with van der Waals surface area (Å²) in [5.74, 6) is 1.23. The summed E-state index contributed by atoms with van der Waals surface area (Å²) >= 11 is 0. The summed E-state index contributed by atoms with van der Waals surface area (Å²) in [6.45, 7) is 1.48. The number of rotatable bonds is 4. The van der Waals surface area contributed by atoms with Crippen molar-refractivity contribution in [2.45, 2.75) is 19.3 Å². The first kappa shape index (κ1) is 21.2. The van der Waals surface area contributed by atoms with Crippen LogP contribution >= 0.6 is 0 Å². The smallest absolute Gasteiger partial charge is 0.263 e. The maximum Gasteiger partial charge on any atom is 0.263 e. The summed E-state index contributed by atoms with van der Waals surface area (Å²) < 4.78 is 25.5. The van der Waals surface area contributed by atoms with Gasteiger partial charge in [-0.3, -0.25) is 14.6 Å². The Morgan fingerprint density at radius 1 is 1.19 bits per heavy atom. The zero-order valence-electron chi connectivity index (χ0n) is 17.2. The van der Waals surface area contributed by atoms with Crippen LogP contribution in [0.5, 0.6) is 0 Å². The molecule has 0 bridgehead atoms. The van der Waals surface area contributed by atoms with Crippen LogP contribution in [-0.4, -0.2) is 23.3 Å². The standard InChI is InChI=1S/C25H19F2N3O2/c1-3-16-6-11-19-20-5-4-12-28-23(20)15(2)25(32)30(21(19)13-16)14-22(31)29-18-9-7-17(8-10-18)24(26)27/h1,4-13,15,24H,14H2,2H3,(H,29,31)/t15-/m1/s1. The number of terminal acetylenes is 1. The van der Waals surface area contributed by atoms with Crippen molar-refractivity contribution in [3.05, 3.63) is 77.6 Å². The third-order valence-electron chi connectivity index (χ3n) is 5.38. The fourth-order valence-electron chi connectivity index (χ4n) is 3.75. The number of carbonyl (C=O) groups excluding carboxylic acids is 2. The normalized spacial score (nSPS) is 14.9. The van der Waals surface area contributed by atoms with Crippen LogP contribution in [0.1, 0.15) is 36.1 Å². The number of halogens is 2. The monoisotopic (exact) mass is 431 g/mol. The van der Waals surface area contributed by atoms with Crippen molar-refractivity contribution in [1.29, 1.82) is 0 Å². The highest BCUT2D eigenvalue weighted by Gasteiger charge is 2.33. The van der Waals surface area contributed by atoms with Crippen molar-refractivity contribution < 1.29 is 18.4 Å². The lowest BCUT2D eigenvalue weighted by molar-refractivity contribution is -0.122. The molecule has 3 aromatic rings. The molecule has 1 aliphatic rings. The first-order valence-corrected chi connectivity index (χ1v) is 9.94. The van der Waals surface area contributed by atoms with Gasteiger partial charge in [-0.15, -0.1) is 6.42 Å². The summed E-state index contributed by atoms with van der Waals surface area (Å²) in [6.07, 6.45) is 4.60. The van der Waals surface area contributed by atoms with E-state index in [1.807, 2.05) is 12.1 Å². The molecule has 0 radical (unpaired) electrons. The number of pyridine rings is 1. The lowest BCUT2D eigenvalue weighted by atomic mass is 9.97. The Bertz CT molecular complexity index is 1230. The maximum absolute atomic E-state index is 13.3. The molecule has 0 fully saturated rings. The van der Waals surface area contributed by atoms with Gasteiger partial charge < -0.3 is 10.2 Å². The molecule has 2 amide bonds. The second-order valence-corrected chi connectivity index (χ2v) is 7.43. The van der Waals surface area contributed by atoms with Gasteiger partial charge in [0.05, 0.1) is 17.3 Å². The van der Waals surface area contributed by atoms with Crippen molar-refractivity contribution in [3.8, 4) is 23.5 Å². The fraction of sp³-hybridized carbons (Fsp3) is 0.160. The Kier molecular flexibility index (Phi) is 5.69. The Morgan fingerprint density at radius 2 is 1.94 bits per heavy atom. The summed E-state index contributed by atoms with van der Waals surface area (Å²) in [6, 6.07) is 14.3. The Morgan fingerprint density at radius 3 is 2.62 bits per heavy atom. The largest absolute Gasteiger partial charge is 0.325 e. The molecule has 160 valence electrons. The van der Waals surface area contributed by atoms with Crippen LogP contribution < -0.4 is 10.2 Å². The summed E-state index contributed by atoms with van der Waals surface area (Å²) in [5.41, 5.74) is 3.49. The lowest BCUT2D eigenvalue weighted by Crippen LogP contribution is -2.40. The number of nitrogens with zero attached hydrogens (tertiary/aromatic N) is 2. The third kappa shape index (κ3) is 3.95. The van der Waals surface area contributed by atoms with Gasteiger partial charge in [-0.05, 0) is 37.3 Å². The minimum Gasteiger partial charge on any atom is -0.325 e.